The molecule has 0 spiro atoms. The summed E-state index contributed by atoms with van der Waals surface area (Å²) in [5.41, 5.74) is 18.0. The van der Waals surface area contributed by atoms with Crippen LogP contribution in [0.2, 0.25) is 0 Å². The van der Waals surface area contributed by atoms with E-state index in [1.165, 1.54) is 32.9 Å². The van der Waals surface area contributed by atoms with Gasteiger partial charge in [-0.15, -0.1) is 0 Å². The van der Waals surface area contributed by atoms with Gasteiger partial charge in [-0.2, -0.15) is 0 Å². The molecule has 0 bridgehead atoms. The van der Waals surface area contributed by atoms with Crippen molar-refractivity contribution in [2.75, 3.05) is 6.54 Å². The first-order valence-corrected chi connectivity index (χ1v) is 25.1. The Kier molecular flexibility index (Phi) is 29.3. The van der Waals surface area contributed by atoms with Crippen molar-refractivity contribution in [3.63, 3.8) is 0 Å². The Labute approximate surface area is 441 Å². The number of phenols is 1. The van der Waals surface area contributed by atoms with E-state index in [0.717, 1.165) is 0 Å². The van der Waals surface area contributed by atoms with E-state index in [2.05, 4.69) is 42.5 Å². The van der Waals surface area contributed by atoms with E-state index < -0.39 is 169 Å². The minimum Gasteiger partial charge on any atom is -0.508 e. The van der Waals surface area contributed by atoms with Gasteiger partial charge in [-0.3, -0.25) is 52.7 Å². The zero-order valence-corrected chi connectivity index (χ0v) is 44.1. The van der Waals surface area contributed by atoms with Gasteiger partial charge in [0.15, 0.2) is 0 Å². The lowest BCUT2D eigenvalue weighted by atomic mass is 9.96. The zero-order valence-electron chi connectivity index (χ0n) is 44.1. The van der Waals surface area contributed by atoms with Gasteiger partial charge in [-0.1, -0.05) is 60.1 Å². The lowest BCUT2D eigenvalue weighted by molar-refractivity contribution is -0.143. The van der Waals surface area contributed by atoms with Crippen molar-refractivity contribution in [2.45, 2.75) is 173 Å². The Morgan fingerprint density at radius 1 is 0.539 bits per heavy atom. The third kappa shape index (κ3) is 24.7. The van der Waals surface area contributed by atoms with Gasteiger partial charge in [0.05, 0.1) is 12.5 Å². The molecule has 27 nitrogen and oxygen atoms in total. The average molecular weight is 1080 g/mol. The largest absolute Gasteiger partial charge is 0.508 e. The highest BCUT2D eigenvalue weighted by Crippen LogP contribution is 2.15. The first-order valence-electron chi connectivity index (χ1n) is 25.1. The van der Waals surface area contributed by atoms with Gasteiger partial charge < -0.3 is 80.2 Å². The van der Waals surface area contributed by atoms with Crippen molar-refractivity contribution in [3.8, 4) is 5.75 Å². The lowest BCUT2D eigenvalue weighted by Crippen LogP contribution is -2.61. The minimum absolute atomic E-state index is 0.0152. The maximum Gasteiger partial charge on any atom is 0.326 e. The van der Waals surface area contributed by atoms with Crippen molar-refractivity contribution in [1.29, 1.82) is 0 Å². The van der Waals surface area contributed by atoms with E-state index in [0.29, 0.717) is 18.4 Å². The fourth-order valence-corrected chi connectivity index (χ4v) is 7.41. The number of phenolic OH excluding ortho intramolecular Hbond substituents is 1. The summed E-state index contributed by atoms with van der Waals surface area (Å²) >= 11 is 0. The third-order valence-corrected chi connectivity index (χ3v) is 12.0. The van der Waals surface area contributed by atoms with Crippen LogP contribution in [-0.4, -0.2) is 152 Å². The second-order valence-electron chi connectivity index (χ2n) is 19.4. The number of carbonyl (C=O) groups is 12. The Hall–Kier alpha value is -7.42. The monoisotopic (exact) mass is 1080 g/mol. The molecule has 0 radical (unpaired) electrons. The summed E-state index contributed by atoms with van der Waals surface area (Å²) in [6, 6.07) is -7.17. The van der Waals surface area contributed by atoms with Gasteiger partial charge in [0, 0.05) is 12.8 Å². The molecule has 76 heavy (non-hydrogen) atoms. The molecule has 0 aromatic heterocycles. The molecule has 10 atom stereocenters. The van der Waals surface area contributed by atoms with Crippen LogP contribution >= 0.6 is 0 Å². The van der Waals surface area contributed by atoms with Crippen LogP contribution in [-0.2, 0) is 64.0 Å². The molecular weight excluding hydrogens is 999 g/mol. The van der Waals surface area contributed by atoms with Gasteiger partial charge in [-0.05, 0) is 93.9 Å². The second-order valence-corrected chi connectivity index (χ2v) is 19.4. The van der Waals surface area contributed by atoms with Crippen molar-refractivity contribution < 1.29 is 78.0 Å². The third-order valence-electron chi connectivity index (χ3n) is 12.0. The molecule has 0 saturated carbocycles. The van der Waals surface area contributed by atoms with E-state index >= 15 is 0 Å². The number of nitrogens with one attached hydrogen (secondary N) is 8. The maximum atomic E-state index is 14.1. The zero-order chi connectivity index (χ0) is 58.0. The molecule has 1 aromatic carbocycles. The fraction of sp³-hybridized carbons (Fsp3) is 0.633. The maximum absolute atomic E-state index is 14.1. The number of aromatic hydroxyl groups is 1. The highest BCUT2D eigenvalue weighted by molar-refractivity contribution is 5.99. The molecule has 0 heterocycles. The van der Waals surface area contributed by atoms with Crippen LogP contribution in [0.1, 0.15) is 118 Å². The van der Waals surface area contributed by atoms with Gasteiger partial charge in [-0.25, -0.2) is 4.79 Å². The van der Waals surface area contributed by atoms with E-state index in [4.69, 9.17) is 17.2 Å². The SMILES string of the molecule is CC[C@H](C)[C@H](NC(=O)[C@H](CC(C)C)NC(=O)[C@@H](N)Cc1ccc(O)cc1)C(=O)N[C@@H](CC(N)=O)C(=O)N[C@@H](CCCCN)C(=O)N[C@@H](CCC(=O)O)C(=O)N[C@@H](CCC(=O)O)C(=O)N[C@@H](C)C(=O)N[C@H](C(=O)O)C(C)C. The van der Waals surface area contributed by atoms with Crippen LogP contribution in [0.3, 0.4) is 0 Å². The molecule has 0 unspecified atom stereocenters. The first kappa shape index (κ1) is 66.6. The van der Waals surface area contributed by atoms with Crippen molar-refractivity contribution >= 4 is 71.1 Å². The quantitative estimate of drug-likeness (QED) is 0.0315. The molecule has 0 fully saturated rings. The predicted octanol–water partition coefficient (Wildman–Crippen LogP) is -2.27. The van der Waals surface area contributed by atoms with Crippen molar-refractivity contribution in [3.05, 3.63) is 29.8 Å². The van der Waals surface area contributed by atoms with Crippen LogP contribution in [0, 0.1) is 17.8 Å². The molecule has 18 N–H and O–H groups in total. The van der Waals surface area contributed by atoms with Gasteiger partial charge in [0.25, 0.3) is 0 Å². The number of carbonyl (C=O) groups excluding carboxylic acids is 9. The van der Waals surface area contributed by atoms with Gasteiger partial charge in [0.2, 0.25) is 53.2 Å². The van der Waals surface area contributed by atoms with Crippen molar-refractivity contribution in [2.24, 2.45) is 35.0 Å². The summed E-state index contributed by atoms with van der Waals surface area (Å²) in [6.07, 6.45) is -2.60. The summed E-state index contributed by atoms with van der Waals surface area (Å²) in [6.45, 7) is 11.3. The number of nitrogens with two attached hydrogens (primary N) is 3. The summed E-state index contributed by atoms with van der Waals surface area (Å²) in [4.78, 5) is 157. The van der Waals surface area contributed by atoms with Crippen LogP contribution < -0.4 is 59.7 Å². The summed E-state index contributed by atoms with van der Waals surface area (Å²) in [5, 5.41) is 57.4. The predicted molar refractivity (Wildman–Crippen MR) is 273 cm³/mol. The van der Waals surface area contributed by atoms with Crippen LogP contribution in [0.15, 0.2) is 24.3 Å². The highest BCUT2D eigenvalue weighted by atomic mass is 16.4. The molecule has 426 valence electrons. The average Bonchev–Trinajstić information content (AvgIpc) is 3.33. The lowest BCUT2D eigenvalue weighted by Gasteiger charge is -2.29. The molecular formula is C49H79N11O16. The number of aliphatic carboxylic acids is 3. The highest BCUT2D eigenvalue weighted by Gasteiger charge is 2.37. The normalized spacial score (nSPS) is 15.1. The Balaban J connectivity index is 3.47. The number of benzene rings is 1. The number of amides is 9. The number of hydrogen-bond acceptors (Lipinski definition) is 15. The van der Waals surface area contributed by atoms with Crippen LogP contribution in [0.5, 0.6) is 5.75 Å². The molecule has 1 aromatic rings. The Morgan fingerprint density at radius 2 is 0.987 bits per heavy atom. The molecule has 9 amide bonds. The molecule has 0 aliphatic carbocycles. The fourth-order valence-electron chi connectivity index (χ4n) is 7.41. The number of carboxylic acids is 3. The summed E-state index contributed by atoms with van der Waals surface area (Å²) < 4.78 is 0. The first-order chi connectivity index (χ1) is 35.5. The van der Waals surface area contributed by atoms with E-state index in [9.17, 15) is 78.0 Å². The number of rotatable bonds is 36. The standard InChI is InChI=1S/C49H79N11O16/c1-8-26(6)40(60-47(73)34(21-24(2)3)57-42(68)30(51)22-28-12-14-29(61)15-13-28)48(74)58-35(23-36(52)62)46(72)54-31(11-9-10-20-50)44(70)56-33(17-19-38(65)66)45(71)55-32(16-18-37(63)64)43(69)53-27(7)41(67)59-39(25(4)5)49(75)76/h12-15,24-27,30-35,39-40,61H,8-11,16-23,50-51H2,1-7H3,(H2,52,62)(H,53,69)(H,54,72)(H,55,71)(H,56,70)(H,57,68)(H,58,74)(H,59,67)(H,60,73)(H,63,64)(H,65,66)(H,75,76)/t26-,27-,30-,31-,32-,33-,34-,35-,39-,40-/m0/s1. The number of primary amides is 1. The smallest absolute Gasteiger partial charge is 0.326 e. The molecule has 0 saturated heterocycles. The molecule has 1 rings (SSSR count). The Bertz CT molecular complexity index is 2180. The topological polar surface area (TPSA) is 460 Å². The summed E-state index contributed by atoms with van der Waals surface area (Å²) in [7, 11) is 0. The van der Waals surface area contributed by atoms with E-state index in [1.54, 1.807) is 39.8 Å². The molecule has 0 aliphatic heterocycles. The van der Waals surface area contributed by atoms with Gasteiger partial charge >= 0.3 is 17.9 Å². The summed E-state index contributed by atoms with van der Waals surface area (Å²) in [5.74, 6) is -14.3. The van der Waals surface area contributed by atoms with Gasteiger partial charge in [0.1, 0.15) is 54.1 Å². The second kappa shape index (κ2) is 33.5. The number of unbranched alkanes of at least 4 members (excludes halogenated alkanes) is 1. The van der Waals surface area contributed by atoms with E-state index in [-0.39, 0.29) is 43.9 Å². The van der Waals surface area contributed by atoms with Crippen molar-refractivity contribution in [1.82, 2.24) is 42.5 Å². The molecule has 27 heteroatoms. The van der Waals surface area contributed by atoms with Crippen LogP contribution in [0.25, 0.3) is 0 Å². The Morgan fingerprint density at radius 3 is 1.43 bits per heavy atom. The van der Waals surface area contributed by atoms with Crippen LogP contribution in [0.4, 0.5) is 0 Å². The number of carboxylic acid groups (broad SMARTS) is 3. The van der Waals surface area contributed by atoms with E-state index in [1.807, 2.05) is 0 Å². The minimum atomic E-state index is -1.77. The number of hydrogen-bond donors (Lipinski definition) is 15. The molecule has 0 aliphatic rings.